The second-order valence-electron chi connectivity index (χ2n) is 6.08. The standard InChI is InChI=1S/C21H20N4O3/c26-19-12-11-18(24-25(19)15-16-7-3-1-4-8-16)21(28)23-14-13-22-20(27)17-9-5-2-6-10-17/h1-12H,13-15H2,(H,22,27)(H,23,28). The fraction of sp³-hybridized carbons (Fsp3) is 0.143. The maximum Gasteiger partial charge on any atom is 0.271 e. The molecule has 0 aliphatic carbocycles. The minimum atomic E-state index is -0.407. The lowest BCUT2D eigenvalue weighted by Crippen LogP contribution is -2.36. The lowest BCUT2D eigenvalue weighted by molar-refractivity contribution is 0.0923. The van der Waals surface area contributed by atoms with Crippen LogP contribution in [0, 0.1) is 0 Å². The highest BCUT2D eigenvalue weighted by molar-refractivity contribution is 5.94. The van der Waals surface area contributed by atoms with Crippen LogP contribution < -0.4 is 16.2 Å². The molecule has 0 unspecified atom stereocenters. The second kappa shape index (κ2) is 9.27. The maximum atomic E-state index is 12.3. The van der Waals surface area contributed by atoms with E-state index in [-0.39, 0.29) is 36.8 Å². The van der Waals surface area contributed by atoms with Gasteiger partial charge >= 0.3 is 0 Å². The lowest BCUT2D eigenvalue weighted by Gasteiger charge is -2.09. The molecule has 3 aromatic rings. The number of hydrogen-bond donors (Lipinski definition) is 2. The Morgan fingerprint density at radius 2 is 1.39 bits per heavy atom. The third-order valence-electron chi connectivity index (χ3n) is 4.01. The molecule has 2 amide bonds. The summed E-state index contributed by atoms with van der Waals surface area (Å²) >= 11 is 0. The van der Waals surface area contributed by atoms with Crippen molar-refractivity contribution in [2.24, 2.45) is 0 Å². The molecule has 28 heavy (non-hydrogen) atoms. The van der Waals surface area contributed by atoms with Gasteiger partial charge in [-0.25, -0.2) is 4.68 Å². The van der Waals surface area contributed by atoms with Crippen LogP contribution in [0.2, 0.25) is 0 Å². The number of carbonyl (C=O) groups excluding carboxylic acids is 2. The maximum absolute atomic E-state index is 12.3. The van der Waals surface area contributed by atoms with E-state index in [1.807, 2.05) is 36.4 Å². The van der Waals surface area contributed by atoms with Gasteiger partial charge in [0.1, 0.15) is 5.69 Å². The van der Waals surface area contributed by atoms with Gasteiger partial charge in [-0.05, 0) is 23.8 Å². The van der Waals surface area contributed by atoms with E-state index >= 15 is 0 Å². The third-order valence-corrected chi connectivity index (χ3v) is 4.01. The Morgan fingerprint density at radius 3 is 2.07 bits per heavy atom. The van der Waals surface area contributed by atoms with E-state index in [1.54, 1.807) is 24.3 Å². The Kier molecular flexibility index (Phi) is 6.30. The smallest absolute Gasteiger partial charge is 0.271 e. The van der Waals surface area contributed by atoms with Crippen molar-refractivity contribution >= 4 is 11.8 Å². The highest BCUT2D eigenvalue weighted by atomic mass is 16.2. The first-order valence-electron chi connectivity index (χ1n) is 8.87. The molecule has 0 aliphatic heterocycles. The largest absolute Gasteiger partial charge is 0.350 e. The minimum absolute atomic E-state index is 0.143. The van der Waals surface area contributed by atoms with E-state index in [4.69, 9.17) is 0 Å². The summed E-state index contributed by atoms with van der Waals surface area (Å²) in [7, 11) is 0. The number of aromatic nitrogens is 2. The molecule has 7 nitrogen and oxygen atoms in total. The molecule has 0 bridgehead atoms. The van der Waals surface area contributed by atoms with Gasteiger partial charge in [-0.15, -0.1) is 0 Å². The molecule has 3 rings (SSSR count). The van der Waals surface area contributed by atoms with Crippen LogP contribution >= 0.6 is 0 Å². The number of hydrogen-bond acceptors (Lipinski definition) is 4. The van der Waals surface area contributed by atoms with E-state index in [1.165, 1.54) is 16.8 Å². The van der Waals surface area contributed by atoms with Gasteiger partial charge in [-0.3, -0.25) is 14.4 Å². The van der Waals surface area contributed by atoms with E-state index in [9.17, 15) is 14.4 Å². The predicted octanol–water partition coefficient (Wildman–Crippen LogP) is 1.45. The molecule has 142 valence electrons. The Bertz CT molecular complexity index is 1000. The summed E-state index contributed by atoms with van der Waals surface area (Å²) in [6.45, 7) is 0.813. The van der Waals surface area contributed by atoms with Crippen LogP contribution in [0.4, 0.5) is 0 Å². The normalized spacial score (nSPS) is 10.3. The van der Waals surface area contributed by atoms with Gasteiger partial charge in [-0.1, -0.05) is 48.5 Å². The fourth-order valence-corrected chi connectivity index (χ4v) is 2.57. The Labute approximate surface area is 162 Å². The summed E-state index contributed by atoms with van der Waals surface area (Å²) in [4.78, 5) is 36.2. The molecule has 0 fully saturated rings. The fourth-order valence-electron chi connectivity index (χ4n) is 2.57. The van der Waals surface area contributed by atoms with E-state index in [0.29, 0.717) is 5.56 Å². The van der Waals surface area contributed by atoms with Gasteiger partial charge in [0.05, 0.1) is 6.54 Å². The number of benzene rings is 2. The van der Waals surface area contributed by atoms with Crippen LogP contribution in [-0.4, -0.2) is 34.7 Å². The van der Waals surface area contributed by atoms with Gasteiger partial charge < -0.3 is 10.6 Å². The van der Waals surface area contributed by atoms with Crippen molar-refractivity contribution in [3.63, 3.8) is 0 Å². The van der Waals surface area contributed by atoms with Gasteiger partial charge in [0.2, 0.25) is 0 Å². The monoisotopic (exact) mass is 376 g/mol. The second-order valence-corrected chi connectivity index (χ2v) is 6.08. The SMILES string of the molecule is O=C(NCCNC(=O)c1ccc(=O)n(Cc2ccccc2)n1)c1ccccc1. The van der Waals surface area contributed by atoms with Gasteiger partial charge in [0, 0.05) is 24.7 Å². The van der Waals surface area contributed by atoms with Crippen LogP contribution in [0.5, 0.6) is 0 Å². The summed E-state index contributed by atoms with van der Waals surface area (Å²) in [5.74, 6) is -0.611. The average molecular weight is 376 g/mol. The van der Waals surface area contributed by atoms with E-state index in [2.05, 4.69) is 15.7 Å². The molecule has 0 saturated heterocycles. The quantitative estimate of drug-likeness (QED) is 0.611. The van der Waals surface area contributed by atoms with Crippen molar-refractivity contribution in [2.45, 2.75) is 6.54 Å². The van der Waals surface area contributed by atoms with Crippen LogP contribution in [0.15, 0.2) is 77.6 Å². The highest BCUT2D eigenvalue weighted by Gasteiger charge is 2.10. The third kappa shape index (κ3) is 5.14. The first-order valence-corrected chi connectivity index (χ1v) is 8.87. The first kappa shape index (κ1) is 19.0. The molecular weight excluding hydrogens is 356 g/mol. The van der Waals surface area contributed by atoms with Crippen LogP contribution in [0.25, 0.3) is 0 Å². The molecule has 2 aromatic carbocycles. The molecule has 1 aromatic heterocycles. The summed E-state index contributed by atoms with van der Waals surface area (Å²) in [5.41, 5.74) is 1.34. The van der Waals surface area contributed by atoms with Gasteiger partial charge in [0.25, 0.3) is 17.4 Å². The average Bonchev–Trinajstić information content (AvgIpc) is 2.74. The number of nitrogens with zero attached hydrogens (tertiary/aromatic N) is 2. The first-order chi connectivity index (χ1) is 13.6. The highest BCUT2D eigenvalue weighted by Crippen LogP contribution is 2.00. The zero-order valence-corrected chi connectivity index (χ0v) is 15.2. The summed E-state index contributed by atoms with van der Waals surface area (Å²) in [6, 6.07) is 21.0. The van der Waals surface area contributed by atoms with Gasteiger partial charge in [0.15, 0.2) is 0 Å². The van der Waals surface area contributed by atoms with Crippen molar-refractivity contribution in [3.8, 4) is 0 Å². The summed E-state index contributed by atoms with van der Waals surface area (Å²) in [6.07, 6.45) is 0. The van der Waals surface area contributed by atoms with Crippen LogP contribution in [-0.2, 0) is 6.54 Å². The molecule has 7 heteroatoms. The van der Waals surface area contributed by atoms with Crippen molar-refractivity contribution in [1.29, 1.82) is 0 Å². The van der Waals surface area contributed by atoms with Crippen molar-refractivity contribution in [1.82, 2.24) is 20.4 Å². The number of amides is 2. The minimum Gasteiger partial charge on any atom is -0.350 e. The van der Waals surface area contributed by atoms with E-state index < -0.39 is 5.91 Å². The van der Waals surface area contributed by atoms with Gasteiger partial charge in [-0.2, -0.15) is 5.10 Å². The molecule has 0 aliphatic rings. The summed E-state index contributed by atoms with van der Waals surface area (Å²) in [5, 5.41) is 9.55. The molecule has 0 atom stereocenters. The number of carbonyl (C=O) groups is 2. The zero-order chi connectivity index (χ0) is 19.8. The summed E-state index contributed by atoms with van der Waals surface area (Å²) < 4.78 is 1.25. The Morgan fingerprint density at radius 1 is 0.786 bits per heavy atom. The van der Waals surface area contributed by atoms with Crippen molar-refractivity contribution in [2.75, 3.05) is 13.1 Å². The Hall–Kier alpha value is -3.74. The Balaban J connectivity index is 1.53. The topological polar surface area (TPSA) is 93.1 Å². The van der Waals surface area contributed by atoms with Crippen LogP contribution in [0.1, 0.15) is 26.4 Å². The number of nitrogens with one attached hydrogen (secondary N) is 2. The predicted molar refractivity (Wildman–Crippen MR) is 105 cm³/mol. The van der Waals surface area contributed by atoms with Crippen molar-refractivity contribution in [3.05, 3.63) is 100.0 Å². The molecule has 2 N–H and O–H groups in total. The molecular formula is C21H20N4O3. The molecule has 0 saturated carbocycles. The molecule has 1 heterocycles. The van der Waals surface area contributed by atoms with E-state index in [0.717, 1.165) is 5.56 Å². The molecule has 0 radical (unpaired) electrons. The molecule has 0 spiro atoms. The lowest BCUT2D eigenvalue weighted by atomic mass is 10.2. The van der Waals surface area contributed by atoms with Crippen molar-refractivity contribution < 1.29 is 9.59 Å². The number of rotatable bonds is 7. The zero-order valence-electron chi connectivity index (χ0n) is 15.2. The van der Waals surface area contributed by atoms with Crippen LogP contribution in [0.3, 0.4) is 0 Å².